The fourth-order valence-corrected chi connectivity index (χ4v) is 2.56. The first kappa shape index (κ1) is 17.3. The Labute approximate surface area is 142 Å². The maximum atomic E-state index is 11.7. The van der Waals surface area contributed by atoms with Crippen molar-refractivity contribution in [2.75, 3.05) is 6.54 Å². The Kier molecular flexibility index (Phi) is 5.99. The van der Waals surface area contributed by atoms with Crippen molar-refractivity contribution in [1.82, 2.24) is 15.1 Å². The van der Waals surface area contributed by atoms with E-state index in [9.17, 15) is 4.79 Å². The van der Waals surface area contributed by atoms with E-state index >= 15 is 0 Å². The molecular formula is C18H22ClN3O. The average molecular weight is 332 g/mol. The molecule has 0 spiro atoms. The largest absolute Gasteiger partial charge is 0.353 e. The molecule has 0 saturated heterocycles. The molecule has 1 amide bonds. The number of aromatic nitrogens is 2. The van der Waals surface area contributed by atoms with E-state index in [-0.39, 0.29) is 5.91 Å². The van der Waals surface area contributed by atoms with Gasteiger partial charge in [-0.25, -0.2) is 0 Å². The van der Waals surface area contributed by atoms with Crippen LogP contribution in [0.2, 0.25) is 5.02 Å². The number of halogens is 1. The molecule has 0 bridgehead atoms. The molecule has 1 aromatic heterocycles. The van der Waals surface area contributed by atoms with Crippen LogP contribution in [0.3, 0.4) is 0 Å². The molecular weight excluding hydrogens is 310 g/mol. The third kappa shape index (κ3) is 4.45. The third-order valence-electron chi connectivity index (χ3n) is 3.67. The quantitative estimate of drug-likeness (QED) is 0.820. The molecule has 0 aliphatic carbocycles. The molecule has 5 heteroatoms. The minimum absolute atomic E-state index is 0.0792. The molecule has 0 radical (unpaired) electrons. The van der Waals surface area contributed by atoms with Gasteiger partial charge in [0.1, 0.15) is 0 Å². The Morgan fingerprint density at radius 3 is 2.78 bits per heavy atom. The summed E-state index contributed by atoms with van der Waals surface area (Å²) in [6, 6.07) is 7.75. The van der Waals surface area contributed by atoms with Gasteiger partial charge in [-0.2, -0.15) is 5.10 Å². The van der Waals surface area contributed by atoms with Gasteiger partial charge < -0.3 is 5.32 Å². The second-order valence-corrected chi connectivity index (χ2v) is 5.87. The van der Waals surface area contributed by atoms with Gasteiger partial charge in [0, 0.05) is 28.9 Å². The van der Waals surface area contributed by atoms with Crippen molar-refractivity contribution in [1.29, 1.82) is 0 Å². The number of benzene rings is 1. The van der Waals surface area contributed by atoms with Gasteiger partial charge in [-0.3, -0.25) is 9.48 Å². The summed E-state index contributed by atoms with van der Waals surface area (Å²) in [5, 5.41) is 8.12. The third-order valence-corrected chi connectivity index (χ3v) is 4.03. The summed E-state index contributed by atoms with van der Waals surface area (Å²) >= 11 is 6.22. The van der Waals surface area contributed by atoms with Crippen LogP contribution in [0.1, 0.15) is 35.9 Å². The van der Waals surface area contributed by atoms with Gasteiger partial charge in [-0.1, -0.05) is 36.7 Å². The van der Waals surface area contributed by atoms with Crippen LogP contribution in [0, 0.1) is 13.8 Å². The Morgan fingerprint density at radius 1 is 1.35 bits per heavy atom. The smallest absolute Gasteiger partial charge is 0.244 e. The molecule has 4 nitrogen and oxygen atoms in total. The van der Waals surface area contributed by atoms with Crippen LogP contribution in [0.15, 0.2) is 30.3 Å². The Morgan fingerprint density at radius 2 is 2.09 bits per heavy atom. The monoisotopic (exact) mass is 331 g/mol. The molecule has 23 heavy (non-hydrogen) atoms. The highest BCUT2D eigenvalue weighted by molar-refractivity contribution is 6.31. The Bertz CT molecular complexity index is 719. The van der Waals surface area contributed by atoms with Gasteiger partial charge in [-0.05, 0) is 38.0 Å². The van der Waals surface area contributed by atoms with Crippen LogP contribution >= 0.6 is 11.6 Å². The zero-order chi connectivity index (χ0) is 16.8. The lowest BCUT2D eigenvalue weighted by atomic mass is 10.1. The molecule has 1 heterocycles. The normalized spacial score (nSPS) is 11.1. The SMILES string of the molecule is CCCNC(=O)/C=C/c1c(C)nn(Cc2ccccc2Cl)c1C. The lowest BCUT2D eigenvalue weighted by Gasteiger charge is -2.06. The van der Waals surface area contributed by atoms with Crippen molar-refractivity contribution in [2.45, 2.75) is 33.7 Å². The molecule has 0 aliphatic heterocycles. The van der Waals surface area contributed by atoms with E-state index < -0.39 is 0 Å². The van der Waals surface area contributed by atoms with Crippen LogP contribution in [-0.4, -0.2) is 22.2 Å². The number of carbonyl (C=O) groups excluding carboxylic acids is 1. The lowest BCUT2D eigenvalue weighted by Crippen LogP contribution is -2.21. The average Bonchev–Trinajstić information content (AvgIpc) is 2.79. The number of nitrogens with zero attached hydrogens (tertiary/aromatic N) is 2. The van der Waals surface area contributed by atoms with E-state index in [4.69, 9.17) is 11.6 Å². The van der Waals surface area contributed by atoms with Gasteiger partial charge in [0.05, 0.1) is 12.2 Å². The number of nitrogens with one attached hydrogen (secondary N) is 1. The van der Waals surface area contributed by atoms with E-state index in [1.54, 1.807) is 6.08 Å². The second-order valence-electron chi connectivity index (χ2n) is 5.46. The number of carbonyl (C=O) groups is 1. The van der Waals surface area contributed by atoms with Gasteiger partial charge >= 0.3 is 0 Å². The summed E-state index contributed by atoms with van der Waals surface area (Å²) in [5.41, 5.74) is 3.91. The molecule has 2 rings (SSSR count). The number of amides is 1. The van der Waals surface area contributed by atoms with E-state index in [1.165, 1.54) is 0 Å². The molecule has 0 unspecified atom stereocenters. The fourth-order valence-electron chi connectivity index (χ4n) is 2.36. The lowest BCUT2D eigenvalue weighted by molar-refractivity contribution is -0.116. The van der Waals surface area contributed by atoms with Gasteiger partial charge in [0.2, 0.25) is 5.91 Å². The number of hydrogen-bond donors (Lipinski definition) is 1. The van der Waals surface area contributed by atoms with Crippen LogP contribution in [0.4, 0.5) is 0 Å². The predicted octanol–water partition coefficient (Wildman–Crippen LogP) is 3.74. The molecule has 1 aromatic carbocycles. The number of rotatable bonds is 6. The highest BCUT2D eigenvalue weighted by Crippen LogP contribution is 2.20. The number of hydrogen-bond acceptors (Lipinski definition) is 2. The summed E-state index contributed by atoms with van der Waals surface area (Å²) in [5.74, 6) is -0.0792. The standard InChI is InChI=1S/C18H22ClN3O/c1-4-11-20-18(23)10-9-16-13(2)21-22(14(16)3)12-15-7-5-6-8-17(15)19/h5-10H,4,11-12H2,1-3H3,(H,20,23)/b10-9+. The Balaban J connectivity index is 2.18. The van der Waals surface area contributed by atoms with Crippen molar-refractivity contribution in [3.05, 3.63) is 57.9 Å². The second kappa shape index (κ2) is 7.97. The summed E-state index contributed by atoms with van der Waals surface area (Å²) in [7, 11) is 0. The molecule has 122 valence electrons. The highest BCUT2D eigenvalue weighted by atomic mass is 35.5. The first-order valence-corrected chi connectivity index (χ1v) is 8.14. The predicted molar refractivity (Wildman–Crippen MR) is 94.6 cm³/mol. The van der Waals surface area contributed by atoms with Crippen LogP contribution < -0.4 is 5.32 Å². The molecule has 0 atom stereocenters. The zero-order valence-corrected chi connectivity index (χ0v) is 14.5. The first-order chi connectivity index (χ1) is 11.0. The molecule has 0 saturated carbocycles. The summed E-state index contributed by atoms with van der Waals surface area (Å²) in [6.07, 6.45) is 4.31. The topological polar surface area (TPSA) is 46.9 Å². The molecule has 2 aromatic rings. The van der Waals surface area contributed by atoms with E-state index in [2.05, 4.69) is 10.4 Å². The highest BCUT2D eigenvalue weighted by Gasteiger charge is 2.11. The molecule has 0 fully saturated rings. The minimum atomic E-state index is -0.0792. The van der Waals surface area contributed by atoms with Crippen molar-refractivity contribution >= 4 is 23.6 Å². The van der Waals surface area contributed by atoms with E-state index in [0.717, 1.165) is 34.0 Å². The molecule has 1 N–H and O–H groups in total. The van der Waals surface area contributed by atoms with Crippen molar-refractivity contribution in [3.63, 3.8) is 0 Å². The van der Waals surface area contributed by atoms with E-state index in [1.807, 2.05) is 55.8 Å². The van der Waals surface area contributed by atoms with Crippen molar-refractivity contribution in [2.24, 2.45) is 0 Å². The van der Waals surface area contributed by atoms with Crippen LogP contribution in [0.5, 0.6) is 0 Å². The fraction of sp³-hybridized carbons (Fsp3) is 0.333. The summed E-state index contributed by atoms with van der Waals surface area (Å²) < 4.78 is 1.92. The van der Waals surface area contributed by atoms with Crippen LogP contribution in [-0.2, 0) is 11.3 Å². The van der Waals surface area contributed by atoms with Crippen molar-refractivity contribution in [3.8, 4) is 0 Å². The zero-order valence-electron chi connectivity index (χ0n) is 13.8. The van der Waals surface area contributed by atoms with Gasteiger partial charge in [-0.15, -0.1) is 0 Å². The van der Waals surface area contributed by atoms with Gasteiger partial charge in [0.25, 0.3) is 0 Å². The van der Waals surface area contributed by atoms with Gasteiger partial charge in [0.15, 0.2) is 0 Å². The summed E-state index contributed by atoms with van der Waals surface area (Å²) in [4.78, 5) is 11.7. The maximum Gasteiger partial charge on any atom is 0.244 e. The number of aryl methyl sites for hydroxylation is 1. The minimum Gasteiger partial charge on any atom is -0.353 e. The summed E-state index contributed by atoms with van der Waals surface area (Å²) in [6.45, 7) is 7.27. The van der Waals surface area contributed by atoms with Crippen LogP contribution in [0.25, 0.3) is 6.08 Å². The maximum absolute atomic E-state index is 11.7. The van der Waals surface area contributed by atoms with Crippen molar-refractivity contribution < 1.29 is 4.79 Å². The first-order valence-electron chi connectivity index (χ1n) is 7.76. The molecule has 0 aliphatic rings. The Hall–Kier alpha value is -2.07. The van der Waals surface area contributed by atoms with E-state index in [0.29, 0.717) is 13.1 Å².